The minimum absolute atomic E-state index is 0.934. The molecule has 0 aliphatic rings. The highest BCUT2D eigenvalue weighted by Gasteiger charge is 2.07. The van der Waals surface area contributed by atoms with Gasteiger partial charge in [-0.25, -0.2) is 9.50 Å². The molecule has 0 aliphatic heterocycles. The number of hydrogen-bond donors (Lipinski definition) is 0. The third-order valence-electron chi connectivity index (χ3n) is 2.29. The zero-order valence-corrected chi connectivity index (χ0v) is 9.03. The third-order valence-corrected chi connectivity index (χ3v) is 3.29. The molecule has 0 N–H and O–H groups in total. The summed E-state index contributed by atoms with van der Waals surface area (Å²) in [6, 6.07) is 10.2. The van der Waals surface area contributed by atoms with E-state index in [2.05, 4.69) is 22.2 Å². The first-order valence-electron chi connectivity index (χ1n) is 4.71. The Bertz CT molecular complexity index is 595. The summed E-state index contributed by atoms with van der Waals surface area (Å²) in [6.45, 7) is 1.96. The molecule has 15 heavy (non-hydrogen) atoms. The van der Waals surface area contributed by atoms with Gasteiger partial charge in [0.1, 0.15) is 15.7 Å². The molecular formula is C11H9N3S. The maximum Gasteiger partial charge on any atom is 0.146 e. The Morgan fingerprint density at radius 1 is 1.20 bits per heavy atom. The summed E-state index contributed by atoms with van der Waals surface area (Å²) < 4.78 is 1.88. The Hall–Kier alpha value is -1.68. The van der Waals surface area contributed by atoms with Crippen LogP contribution in [0.3, 0.4) is 0 Å². The molecule has 0 radical (unpaired) electrons. The van der Waals surface area contributed by atoms with Crippen molar-refractivity contribution in [2.45, 2.75) is 6.92 Å². The van der Waals surface area contributed by atoms with Crippen LogP contribution < -0.4 is 0 Å². The number of imidazole rings is 1. The molecule has 2 aromatic heterocycles. The number of nitrogens with zero attached hydrogens (tertiary/aromatic N) is 3. The minimum atomic E-state index is 0.934. The van der Waals surface area contributed by atoms with E-state index in [1.54, 1.807) is 11.3 Å². The molecule has 0 saturated carbocycles. The van der Waals surface area contributed by atoms with Gasteiger partial charge in [-0.05, 0) is 6.92 Å². The number of hydrogen-bond acceptors (Lipinski definition) is 3. The average molecular weight is 215 g/mol. The van der Waals surface area contributed by atoms with Crippen molar-refractivity contribution < 1.29 is 0 Å². The second-order valence-corrected chi connectivity index (χ2v) is 4.34. The van der Waals surface area contributed by atoms with Crippen LogP contribution in [0.2, 0.25) is 0 Å². The standard InChI is InChI=1S/C11H9N3S/c1-8-12-7-10-14(8)13-11(15-10)9-5-3-2-4-6-9/h2-7H,1H3. The largest absolute Gasteiger partial charge is 0.238 e. The zero-order chi connectivity index (χ0) is 10.3. The maximum absolute atomic E-state index is 4.52. The van der Waals surface area contributed by atoms with E-state index in [0.717, 1.165) is 21.2 Å². The molecule has 0 saturated heterocycles. The Balaban J connectivity index is 2.20. The molecule has 2 heterocycles. The number of rotatable bonds is 1. The topological polar surface area (TPSA) is 30.2 Å². The lowest BCUT2D eigenvalue weighted by atomic mass is 10.2. The fraction of sp³-hybridized carbons (Fsp3) is 0.0909. The fourth-order valence-corrected chi connectivity index (χ4v) is 2.46. The van der Waals surface area contributed by atoms with Crippen LogP contribution in [0.5, 0.6) is 0 Å². The molecule has 3 rings (SSSR count). The number of aryl methyl sites for hydroxylation is 1. The summed E-state index contributed by atoms with van der Waals surface area (Å²) in [4.78, 5) is 5.29. The Labute approximate surface area is 91.0 Å². The van der Waals surface area contributed by atoms with Gasteiger partial charge >= 0.3 is 0 Å². The van der Waals surface area contributed by atoms with Gasteiger partial charge in [-0.15, -0.1) is 0 Å². The summed E-state index contributed by atoms with van der Waals surface area (Å²) in [5.74, 6) is 0.934. The molecule has 0 fully saturated rings. The number of fused-ring (bicyclic) bond motifs is 1. The van der Waals surface area contributed by atoms with Gasteiger partial charge in [-0.3, -0.25) is 0 Å². The number of aromatic nitrogens is 3. The van der Waals surface area contributed by atoms with Crippen LogP contribution >= 0.6 is 11.3 Å². The summed E-state index contributed by atoms with van der Waals surface area (Å²) in [6.07, 6.45) is 1.86. The summed E-state index contributed by atoms with van der Waals surface area (Å²) in [5, 5.41) is 5.55. The summed E-state index contributed by atoms with van der Waals surface area (Å²) in [5.41, 5.74) is 1.16. The van der Waals surface area contributed by atoms with E-state index in [1.807, 2.05) is 35.8 Å². The SMILES string of the molecule is Cc1ncc2sc(-c3ccccc3)nn12. The van der Waals surface area contributed by atoms with Crippen molar-refractivity contribution >= 4 is 16.2 Å². The van der Waals surface area contributed by atoms with Crippen molar-refractivity contribution in [3.8, 4) is 10.6 Å². The van der Waals surface area contributed by atoms with Crippen molar-refractivity contribution in [1.82, 2.24) is 14.6 Å². The van der Waals surface area contributed by atoms with Crippen LogP contribution in [0.1, 0.15) is 5.82 Å². The predicted octanol–water partition coefficient (Wildman–Crippen LogP) is 2.77. The van der Waals surface area contributed by atoms with Crippen molar-refractivity contribution in [2.24, 2.45) is 0 Å². The lowest BCUT2D eigenvalue weighted by Gasteiger charge is -1.92. The number of benzene rings is 1. The van der Waals surface area contributed by atoms with Gasteiger partial charge in [0.2, 0.25) is 0 Å². The van der Waals surface area contributed by atoms with E-state index < -0.39 is 0 Å². The van der Waals surface area contributed by atoms with Gasteiger partial charge in [-0.2, -0.15) is 5.10 Å². The monoisotopic (exact) mass is 215 g/mol. The molecular weight excluding hydrogens is 206 g/mol. The molecule has 0 spiro atoms. The Morgan fingerprint density at radius 3 is 2.73 bits per heavy atom. The van der Waals surface area contributed by atoms with Gasteiger partial charge < -0.3 is 0 Å². The molecule has 0 aliphatic carbocycles. The van der Waals surface area contributed by atoms with Crippen molar-refractivity contribution in [3.05, 3.63) is 42.4 Å². The first kappa shape index (κ1) is 8.61. The highest BCUT2D eigenvalue weighted by Crippen LogP contribution is 2.25. The molecule has 0 unspecified atom stereocenters. The maximum atomic E-state index is 4.52. The van der Waals surface area contributed by atoms with Crippen LogP contribution in [0.25, 0.3) is 15.4 Å². The lowest BCUT2D eigenvalue weighted by molar-refractivity contribution is 0.904. The van der Waals surface area contributed by atoms with E-state index in [9.17, 15) is 0 Å². The zero-order valence-electron chi connectivity index (χ0n) is 8.21. The van der Waals surface area contributed by atoms with Crippen molar-refractivity contribution in [2.75, 3.05) is 0 Å². The van der Waals surface area contributed by atoms with Crippen LogP contribution in [0.15, 0.2) is 36.5 Å². The van der Waals surface area contributed by atoms with E-state index in [0.29, 0.717) is 0 Å². The Morgan fingerprint density at radius 2 is 2.00 bits per heavy atom. The minimum Gasteiger partial charge on any atom is -0.238 e. The molecule has 0 bridgehead atoms. The van der Waals surface area contributed by atoms with Crippen LogP contribution in [0.4, 0.5) is 0 Å². The highest BCUT2D eigenvalue weighted by molar-refractivity contribution is 7.20. The van der Waals surface area contributed by atoms with E-state index >= 15 is 0 Å². The van der Waals surface area contributed by atoms with Crippen LogP contribution in [0, 0.1) is 6.92 Å². The van der Waals surface area contributed by atoms with Gasteiger partial charge in [0.05, 0.1) is 6.20 Å². The van der Waals surface area contributed by atoms with Gasteiger partial charge in [0.15, 0.2) is 0 Å². The van der Waals surface area contributed by atoms with E-state index in [-0.39, 0.29) is 0 Å². The summed E-state index contributed by atoms with van der Waals surface area (Å²) in [7, 11) is 0. The Kier molecular flexibility index (Phi) is 1.82. The van der Waals surface area contributed by atoms with Gasteiger partial charge in [0.25, 0.3) is 0 Å². The van der Waals surface area contributed by atoms with Crippen LogP contribution in [-0.4, -0.2) is 14.6 Å². The molecule has 3 nitrogen and oxygen atoms in total. The first-order valence-corrected chi connectivity index (χ1v) is 5.53. The second-order valence-electron chi connectivity index (χ2n) is 3.33. The first-order chi connectivity index (χ1) is 7.34. The van der Waals surface area contributed by atoms with Gasteiger partial charge in [-0.1, -0.05) is 41.7 Å². The second kappa shape index (κ2) is 3.17. The van der Waals surface area contributed by atoms with Crippen LogP contribution in [-0.2, 0) is 0 Å². The molecule has 0 amide bonds. The highest BCUT2D eigenvalue weighted by atomic mass is 32.1. The van der Waals surface area contributed by atoms with Crippen molar-refractivity contribution in [3.63, 3.8) is 0 Å². The smallest absolute Gasteiger partial charge is 0.146 e. The molecule has 74 valence electrons. The quantitative estimate of drug-likeness (QED) is 0.624. The summed E-state index contributed by atoms with van der Waals surface area (Å²) >= 11 is 1.66. The van der Waals surface area contributed by atoms with Gasteiger partial charge in [0, 0.05) is 5.56 Å². The fourth-order valence-electron chi connectivity index (χ4n) is 1.52. The lowest BCUT2D eigenvalue weighted by Crippen LogP contribution is -1.88. The normalized spacial score (nSPS) is 11.0. The molecule has 1 aromatic carbocycles. The van der Waals surface area contributed by atoms with E-state index in [4.69, 9.17) is 0 Å². The van der Waals surface area contributed by atoms with Crippen molar-refractivity contribution in [1.29, 1.82) is 0 Å². The van der Waals surface area contributed by atoms with E-state index in [1.165, 1.54) is 0 Å². The molecule has 3 aromatic rings. The third kappa shape index (κ3) is 1.34. The molecule has 0 atom stereocenters. The predicted molar refractivity (Wildman–Crippen MR) is 61.0 cm³/mol. The molecule has 4 heteroatoms. The average Bonchev–Trinajstić information content (AvgIpc) is 2.83.